The first-order valence-electron chi connectivity index (χ1n) is 11.5. The predicted molar refractivity (Wildman–Crippen MR) is 126 cm³/mol. The van der Waals surface area contributed by atoms with E-state index in [0.717, 1.165) is 11.1 Å². The number of hydrogen-bond acceptors (Lipinski definition) is 5. The van der Waals surface area contributed by atoms with E-state index in [1.807, 2.05) is 49.9 Å². The van der Waals surface area contributed by atoms with Crippen molar-refractivity contribution in [2.24, 2.45) is 0 Å². The van der Waals surface area contributed by atoms with Crippen LogP contribution in [0.3, 0.4) is 0 Å². The summed E-state index contributed by atoms with van der Waals surface area (Å²) in [6.07, 6.45) is 0. The van der Waals surface area contributed by atoms with E-state index in [4.69, 9.17) is 4.74 Å². The van der Waals surface area contributed by atoms with Crippen molar-refractivity contribution in [3.8, 4) is 0 Å². The molecule has 9 nitrogen and oxygen atoms in total. The van der Waals surface area contributed by atoms with Crippen molar-refractivity contribution in [2.75, 3.05) is 46.4 Å². The van der Waals surface area contributed by atoms with Crippen LogP contribution in [0.1, 0.15) is 37.9 Å². The van der Waals surface area contributed by atoms with Crippen LogP contribution in [0, 0.1) is 6.92 Å². The zero-order valence-electron chi connectivity index (χ0n) is 20.2. The van der Waals surface area contributed by atoms with Gasteiger partial charge in [-0.3, -0.25) is 9.80 Å². The lowest BCUT2D eigenvalue weighted by Crippen LogP contribution is -2.57. The smallest absolute Gasteiger partial charge is 0.338 e. The number of carbonyl (C=O) groups excluding carboxylic acids is 3. The zero-order valence-corrected chi connectivity index (χ0v) is 20.2. The normalized spacial score (nSPS) is 21.7. The number of hydrogen-bond donors (Lipinski definition) is 2. The SMILES string of the molecule is CCNC(=O)N1CCN(CC2=C(C(=O)OCC)C(c3ccc(C)cc3)NC(=O)N2C)CC1C. The standard InChI is InChI=1S/C24H35N5O4/c1-6-25-23(31)29-13-12-28(14-17(29)4)15-19-20(22(30)33-7-2)21(26-24(32)27(19)5)18-10-8-16(3)9-11-18/h8-11,17,21H,6-7,12-15H2,1-5H3,(H,25,31)(H,26,32). The van der Waals surface area contributed by atoms with Crippen LogP contribution in [0.15, 0.2) is 35.5 Å². The minimum absolute atomic E-state index is 0.00700. The van der Waals surface area contributed by atoms with E-state index >= 15 is 0 Å². The second-order valence-corrected chi connectivity index (χ2v) is 8.55. The summed E-state index contributed by atoms with van der Waals surface area (Å²) in [7, 11) is 1.67. The minimum atomic E-state index is -0.586. The monoisotopic (exact) mass is 457 g/mol. The summed E-state index contributed by atoms with van der Waals surface area (Å²) in [5, 5.41) is 5.81. The third-order valence-electron chi connectivity index (χ3n) is 6.16. The molecule has 0 aromatic heterocycles. The summed E-state index contributed by atoms with van der Waals surface area (Å²) in [6.45, 7) is 10.8. The fourth-order valence-electron chi connectivity index (χ4n) is 4.35. The third kappa shape index (κ3) is 5.47. The van der Waals surface area contributed by atoms with Crippen LogP contribution in [-0.2, 0) is 9.53 Å². The molecule has 2 unspecified atom stereocenters. The topological polar surface area (TPSA) is 94.2 Å². The molecule has 0 aliphatic carbocycles. The Hall–Kier alpha value is -3.07. The molecule has 1 saturated heterocycles. The van der Waals surface area contributed by atoms with Gasteiger partial charge in [0.1, 0.15) is 0 Å². The molecular weight excluding hydrogens is 422 g/mol. The number of nitrogens with zero attached hydrogens (tertiary/aromatic N) is 3. The van der Waals surface area contributed by atoms with Gasteiger partial charge in [-0.25, -0.2) is 14.4 Å². The number of urea groups is 2. The number of rotatable bonds is 6. The van der Waals surface area contributed by atoms with Gasteiger partial charge >= 0.3 is 18.0 Å². The number of ether oxygens (including phenoxy) is 1. The van der Waals surface area contributed by atoms with Crippen LogP contribution in [-0.4, -0.2) is 85.2 Å². The number of amides is 4. The quantitative estimate of drug-likeness (QED) is 0.639. The minimum Gasteiger partial charge on any atom is -0.463 e. The lowest BCUT2D eigenvalue weighted by Gasteiger charge is -2.42. The molecule has 4 amide bonds. The fourth-order valence-corrected chi connectivity index (χ4v) is 4.35. The lowest BCUT2D eigenvalue weighted by molar-refractivity contribution is -0.139. The van der Waals surface area contributed by atoms with Crippen molar-refractivity contribution < 1.29 is 19.1 Å². The van der Waals surface area contributed by atoms with Crippen LogP contribution < -0.4 is 10.6 Å². The molecule has 2 heterocycles. The first-order chi connectivity index (χ1) is 15.8. The van der Waals surface area contributed by atoms with Gasteiger partial charge in [-0.2, -0.15) is 0 Å². The molecule has 9 heteroatoms. The molecule has 33 heavy (non-hydrogen) atoms. The van der Waals surface area contributed by atoms with Crippen LogP contribution >= 0.6 is 0 Å². The van der Waals surface area contributed by atoms with Crippen molar-refractivity contribution in [1.29, 1.82) is 0 Å². The van der Waals surface area contributed by atoms with Crippen LogP contribution in [0.2, 0.25) is 0 Å². The summed E-state index contributed by atoms with van der Waals surface area (Å²) < 4.78 is 5.40. The summed E-state index contributed by atoms with van der Waals surface area (Å²) >= 11 is 0. The van der Waals surface area contributed by atoms with E-state index in [1.165, 1.54) is 4.90 Å². The molecule has 1 aromatic rings. The fraction of sp³-hybridized carbons (Fsp3) is 0.542. The number of esters is 1. The van der Waals surface area contributed by atoms with E-state index in [-0.39, 0.29) is 24.7 Å². The first kappa shape index (κ1) is 24.6. The molecule has 0 bridgehead atoms. The number of piperazine rings is 1. The van der Waals surface area contributed by atoms with Crippen LogP contribution in [0.4, 0.5) is 9.59 Å². The zero-order chi connectivity index (χ0) is 24.1. The maximum atomic E-state index is 13.1. The predicted octanol–water partition coefficient (Wildman–Crippen LogP) is 2.24. The Morgan fingerprint density at radius 1 is 1.18 bits per heavy atom. The van der Waals surface area contributed by atoms with Gasteiger partial charge in [0, 0.05) is 51.5 Å². The van der Waals surface area contributed by atoms with Crippen molar-refractivity contribution in [2.45, 2.75) is 39.8 Å². The molecule has 2 atom stereocenters. The first-order valence-corrected chi connectivity index (χ1v) is 11.5. The molecular formula is C24H35N5O4. The maximum absolute atomic E-state index is 13.1. The number of aryl methyl sites for hydroxylation is 1. The van der Waals surface area contributed by atoms with Crippen molar-refractivity contribution >= 4 is 18.0 Å². The largest absolute Gasteiger partial charge is 0.463 e. The maximum Gasteiger partial charge on any atom is 0.338 e. The lowest BCUT2D eigenvalue weighted by atomic mass is 9.93. The third-order valence-corrected chi connectivity index (χ3v) is 6.16. The average Bonchev–Trinajstić information content (AvgIpc) is 2.77. The van der Waals surface area contributed by atoms with Gasteiger partial charge in [-0.1, -0.05) is 29.8 Å². The van der Waals surface area contributed by atoms with Crippen LogP contribution in [0.5, 0.6) is 0 Å². The molecule has 180 valence electrons. The highest BCUT2D eigenvalue weighted by molar-refractivity contribution is 5.95. The van der Waals surface area contributed by atoms with E-state index in [2.05, 4.69) is 15.5 Å². The Morgan fingerprint density at radius 3 is 2.48 bits per heavy atom. The van der Waals surface area contributed by atoms with E-state index in [9.17, 15) is 14.4 Å². The average molecular weight is 458 g/mol. The molecule has 2 N–H and O–H groups in total. The molecule has 3 rings (SSSR count). The molecule has 2 aliphatic heterocycles. The number of carbonyl (C=O) groups is 3. The summed E-state index contributed by atoms with van der Waals surface area (Å²) in [6, 6.07) is 6.87. The van der Waals surface area contributed by atoms with Gasteiger partial charge in [0.15, 0.2) is 0 Å². The van der Waals surface area contributed by atoms with Crippen LogP contribution in [0.25, 0.3) is 0 Å². The van der Waals surface area contributed by atoms with Gasteiger partial charge in [0.25, 0.3) is 0 Å². The molecule has 2 aliphatic rings. The Balaban J connectivity index is 1.91. The molecule has 0 saturated carbocycles. The highest BCUT2D eigenvalue weighted by atomic mass is 16.5. The Labute approximate surface area is 195 Å². The van der Waals surface area contributed by atoms with Gasteiger partial charge in [0.2, 0.25) is 0 Å². The molecule has 0 spiro atoms. The van der Waals surface area contributed by atoms with Gasteiger partial charge in [-0.05, 0) is 33.3 Å². The highest BCUT2D eigenvalue weighted by Gasteiger charge is 2.38. The second kappa shape index (κ2) is 10.7. The van der Waals surface area contributed by atoms with Crippen molar-refractivity contribution in [3.63, 3.8) is 0 Å². The number of benzene rings is 1. The Bertz CT molecular complexity index is 914. The van der Waals surface area contributed by atoms with Gasteiger partial charge in [-0.15, -0.1) is 0 Å². The number of likely N-dealkylation sites (N-methyl/N-ethyl adjacent to an activating group) is 1. The second-order valence-electron chi connectivity index (χ2n) is 8.55. The van der Waals surface area contributed by atoms with E-state index in [1.54, 1.807) is 14.0 Å². The Morgan fingerprint density at radius 2 is 1.88 bits per heavy atom. The van der Waals surface area contributed by atoms with Crippen molar-refractivity contribution in [1.82, 2.24) is 25.3 Å². The summed E-state index contributed by atoms with van der Waals surface area (Å²) in [5.41, 5.74) is 3.00. The molecule has 1 fully saturated rings. The molecule has 0 radical (unpaired) electrons. The summed E-state index contributed by atoms with van der Waals surface area (Å²) in [4.78, 5) is 43.7. The highest BCUT2D eigenvalue weighted by Crippen LogP contribution is 2.32. The van der Waals surface area contributed by atoms with Crippen molar-refractivity contribution in [3.05, 3.63) is 46.7 Å². The number of nitrogens with one attached hydrogen (secondary N) is 2. The van der Waals surface area contributed by atoms with E-state index < -0.39 is 12.0 Å². The van der Waals surface area contributed by atoms with E-state index in [0.29, 0.717) is 44.0 Å². The van der Waals surface area contributed by atoms with Gasteiger partial charge < -0.3 is 20.3 Å². The molecule has 1 aromatic carbocycles. The van der Waals surface area contributed by atoms with Gasteiger partial charge in [0.05, 0.1) is 18.2 Å². The Kier molecular flexibility index (Phi) is 7.97. The summed E-state index contributed by atoms with van der Waals surface area (Å²) in [5.74, 6) is -0.432.